The Morgan fingerprint density at radius 1 is 1.25 bits per heavy atom. The molecule has 0 atom stereocenters. The molecule has 2 nitrogen and oxygen atoms in total. The largest absolute Gasteiger partial charge is 0.494 e. The van der Waals surface area contributed by atoms with Crippen LogP contribution in [-0.2, 0) is 5.92 Å². The first-order valence-corrected chi connectivity index (χ1v) is 4.65. The van der Waals surface area contributed by atoms with Gasteiger partial charge in [0.25, 0.3) is 0 Å². The highest BCUT2D eigenvalue weighted by Crippen LogP contribution is 2.41. The Labute approximate surface area is 91.7 Å². The first-order valence-electron chi connectivity index (χ1n) is 4.65. The first-order chi connectivity index (χ1) is 7.21. The van der Waals surface area contributed by atoms with Crippen LogP contribution >= 0.6 is 0 Å². The maximum absolute atomic E-state index is 13.7. The van der Waals surface area contributed by atoms with Gasteiger partial charge in [-0.15, -0.1) is 0 Å². The van der Waals surface area contributed by atoms with Gasteiger partial charge in [-0.25, -0.2) is 4.39 Å². The number of halogens is 3. The fourth-order valence-corrected chi connectivity index (χ4v) is 1.24. The lowest BCUT2D eigenvalue weighted by atomic mass is 9.93. The number of rotatable bonds is 3. The normalized spacial score (nSPS) is 12.7. The molecular weight excluding hydrogens is 221 g/mol. The number of aliphatic hydroxyl groups is 1. The minimum atomic E-state index is -3.69. The van der Waals surface area contributed by atoms with Gasteiger partial charge in [-0.1, -0.05) is 6.07 Å². The lowest BCUT2D eigenvalue weighted by Gasteiger charge is -2.29. The summed E-state index contributed by atoms with van der Waals surface area (Å²) in [7, 11) is 1.18. The molecule has 16 heavy (non-hydrogen) atoms. The third-order valence-corrected chi connectivity index (χ3v) is 2.29. The summed E-state index contributed by atoms with van der Waals surface area (Å²) >= 11 is 0. The second-order valence-corrected chi connectivity index (χ2v) is 3.96. The fraction of sp³-hybridized carbons (Fsp3) is 0.455. The van der Waals surface area contributed by atoms with Gasteiger partial charge in [0, 0.05) is 0 Å². The summed E-state index contributed by atoms with van der Waals surface area (Å²) < 4.78 is 45.6. The molecule has 1 aromatic carbocycles. The zero-order chi connectivity index (χ0) is 12.6. The van der Waals surface area contributed by atoms with E-state index in [-0.39, 0.29) is 5.75 Å². The van der Waals surface area contributed by atoms with Crippen molar-refractivity contribution in [2.45, 2.75) is 25.4 Å². The van der Waals surface area contributed by atoms with Gasteiger partial charge in [-0.3, -0.25) is 0 Å². The van der Waals surface area contributed by atoms with E-state index >= 15 is 0 Å². The predicted molar refractivity (Wildman–Crippen MR) is 53.1 cm³/mol. The number of benzene rings is 1. The van der Waals surface area contributed by atoms with Crippen molar-refractivity contribution in [3.63, 3.8) is 0 Å². The van der Waals surface area contributed by atoms with Crippen molar-refractivity contribution in [3.05, 3.63) is 29.6 Å². The van der Waals surface area contributed by atoms with E-state index in [4.69, 9.17) is 0 Å². The Hall–Kier alpha value is -1.23. The van der Waals surface area contributed by atoms with E-state index in [0.29, 0.717) is 0 Å². The Morgan fingerprint density at radius 2 is 1.81 bits per heavy atom. The second-order valence-electron chi connectivity index (χ2n) is 3.96. The molecule has 0 aromatic heterocycles. The highest BCUT2D eigenvalue weighted by molar-refractivity contribution is 5.34. The highest BCUT2D eigenvalue weighted by Gasteiger charge is 2.49. The zero-order valence-electron chi connectivity index (χ0n) is 9.22. The quantitative estimate of drug-likeness (QED) is 0.871. The van der Waals surface area contributed by atoms with Crippen LogP contribution < -0.4 is 4.74 Å². The van der Waals surface area contributed by atoms with Crippen LogP contribution in [0.5, 0.6) is 5.75 Å². The first kappa shape index (κ1) is 12.8. The van der Waals surface area contributed by atoms with Crippen LogP contribution in [0.1, 0.15) is 19.4 Å². The van der Waals surface area contributed by atoms with E-state index in [9.17, 15) is 18.3 Å². The standard InChI is InChI=1S/C11H13F3O2/c1-10(2,15)11(13,14)7-5-4-6-8(16-3)9(7)12/h4-6,15H,1-3H3. The van der Waals surface area contributed by atoms with Gasteiger partial charge < -0.3 is 9.84 Å². The summed E-state index contributed by atoms with van der Waals surface area (Å²) in [6.45, 7) is 1.85. The van der Waals surface area contributed by atoms with Gasteiger partial charge in [-0.2, -0.15) is 8.78 Å². The number of ether oxygens (including phenoxy) is 1. The maximum atomic E-state index is 13.7. The summed E-state index contributed by atoms with van der Waals surface area (Å²) in [5.41, 5.74) is -3.22. The summed E-state index contributed by atoms with van der Waals surface area (Å²) in [6, 6.07) is 3.41. The van der Waals surface area contributed by atoms with Gasteiger partial charge in [-0.05, 0) is 26.0 Å². The number of hydrogen-bond acceptors (Lipinski definition) is 2. The van der Waals surface area contributed by atoms with Crippen molar-refractivity contribution in [2.75, 3.05) is 7.11 Å². The van der Waals surface area contributed by atoms with Gasteiger partial charge >= 0.3 is 5.92 Å². The molecular formula is C11H13F3O2. The Balaban J connectivity index is 3.34. The Bertz CT molecular complexity index is 383. The molecule has 0 bridgehead atoms. The van der Waals surface area contributed by atoms with Crippen molar-refractivity contribution in [3.8, 4) is 5.75 Å². The van der Waals surface area contributed by atoms with Crippen molar-refractivity contribution in [1.82, 2.24) is 0 Å². The molecule has 1 aromatic rings. The molecule has 1 N–H and O–H groups in total. The van der Waals surface area contributed by atoms with E-state index in [2.05, 4.69) is 4.74 Å². The average molecular weight is 234 g/mol. The van der Waals surface area contributed by atoms with Crippen molar-refractivity contribution in [1.29, 1.82) is 0 Å². The molecule has 0 aliphatic heterocycles. The summed E-state index contributed by atoms with van der Waals surface area (Å²) in [4.78, 5) is 0. The number of hydrogen-bond donors (Lipinski definition) is 1. The maximum Gasteiger partial charge on any atom is 0.303 e. The zero-order valence-corrected chi connectivity index (χ0v) is 9.22. The topological polar surface area (TPSA) is 29.5 Å². The predicted octanol–water partition coefficient (Wildman–Crippen LogP) is 2.70. The summed E-state index contributed by atoms with van der Waals surface area (Å²) in [5, 5.41) is 9.33. The average Bonchev–Trinajstić information content (AvgIpc) is 2.16. The van der Waals surface area contributed by atoms with Crippen LogP contribution in [0.4, 0.5) is 13.2 Å². The van der Waals surface area contributed by atoms with Crippen LogP contribution in [-0.4, -0.2) is 17.8 Å². The van der Waals surface area contributed by atoms with E-state index in [0.717, 1.165) is 19.9 Å². The van der Waals surface area contributed by atoms with Crippen LogP contribution in [0, 0.1) is 5.82 Å². The van der Waals surface area contributed by atoms with Gasteiger partial charge in [0.1, 0.15) is 5.60 Å². The van der Waals surface area contributed by atoms with Crippen molar-refractivity contribution >= 4 is 0 Å². The molecule has 5 heteroatoms. The number of methoxy groups -OCH3 is 1. The molecule has 0 saturated carbocycles. The van der Waals surface area contributed by atoms with Gasteiger partial charge in [0.2, 0.25) is 0 Å². The second kappa shape index (κ2) is 3.97. The molecule has 0 aliphatic rings. The minimum absolute atomic E-state index is 0.276. The highest BCUT2D eigenvalue weighted by atomic mass is 19.3. The van der Waals surface area contributed by atoms with Gasteiger partial charge in [0.15, 0.2) is 11.6 Å². The van der Waals surface area contributed by atoms with Crippen LogP contribution in [0.15, 0.2) is 18.2 Å². The minimum Gasteiger partial charge on any atom is -0.494 e. The molecule has 0 unspecified atom stereocenters. The van der Waals surface area contributed by atoms with E-state index < -0.39 is 22.9 Å². The lowest BCUT2D eigenvalue weighted by molar-refractivity contribution is -0.170. The van der Waals surface area contributed by atoms with Crippen molar-refractivity contribution in [2.24, 2.45) is 0 Å². The molecule has 0 aliphatic carbocycles. The fourth-order valence-electron chi connectivity index (χ4n) is 1.24. The molecule has 0 radical (unpaired) electrons. The molecule has 1 rings (SSSR count). The Morgan fingerprint density at radius 3 is 2.25 bits per heavy atom. The van der Waals surface area contributed by atoms with Crippen molar-refractivity contribution < 1.29 is 23.0 Å². The molecule has 0 saturated heterocycles. The third kappa shape index (κ3) is 2.00. The number of alkyl halides is 2. The van der Waals surface area contributed by atoms with Crippen LogP contribution in [0.25, 0.3) is 0 Å². The summed E-state index contributed by atoms with van der Waals surface area (Å²) in [5.74, 6) is -5.12. The monoisotopic (exact) mass is 234 g/mol. The molecule has 0 spiro atoms. The summed E-state index contributed by atoms with van der Waals surface area (Å²) in [6.07, 6.45) is 0. The van der Waals surface area contributed by atoms with Crippen LogP contribution in [0.3, 0.4) is 0 Å². The third-order valence-electron chi connectivity index (χ3n) is 2.29. The van der Waals surface area contributed by atoms with E-state index in [1.165, 1.54) is 19.2 Å². The van der Waals surface area contributed by atoms with Crippen LogP contribution in [0.2, 0.25) is 0 Å². The molecule has 0 fully saturated rings. The molecule has 0 heterocycles. The SMILES string of the molecule is COc1cccc(C(F)(F)C(C)(C)O)c1F. The smallest absolute Gasteiger partial charge is 0.303 e. The molecule has 0 amide bonds. The Kier molecular flexibility index (Phi) is 3.19. The lowest BCUT2D eigenvalue weighted by Crippen LogP contribution is -2.40. The molecule has 90 valence electrons. The van der Waals surface area contributed by atoms with Gasteiger partial charge in [0.05, 0.1) is 12.7 Å². The van der Waals surface area contributed by atoms with E-state index in [1.54, 1.807) is 0 Å². The van der Waals surface area contributed by atoms with E-state index in [1.807, 2.05) is 0 Å².